The molecule has 0 unspecified atom stereocenters. The third kappa shape index (κ3) is 4.56. The summed E-state index contributed by atoms with van der Waals surface area (Å²) >= 11 is 11.5. The molecule has 1 aromatic heterocycles. The summed E-state index contributed by atoms with van der Waals surface area (Å²) < 4.78 is 5.72. The van der Waals surface area contributed by atoms with E-state index in [1.807, 2.05) is 0 Å². The topological polar surface area (TPSA) is 47.0 Å². The highest BCUT2D eigenvalue weighted by atomic mass is 35.5. The Morgan fingerprint density at radius 1 is 1.47 bits per heavy atom. The Labute approximate surface area is 116 Å². The molecule has 1 aliphatic heterocycles. The van der Waals surface area contributed by atoms with E-state index >= 15 is 0 Å². The molecule has 17 heavy (non-hydrogen) atoms. The fraction of sp³-hybridized carbons (Fsp3) is 0.600. The molecule has 0 aromatic carbocycles. The maximum absolute atomic E-state index is 5.92. The molecule has 1 N–H and O–H groups in total. The number of piperidine rings is 1. The Morgan fingerprint density at radius 2 is 2.29 bits per heavy atom. The molecule has 0 radical (unpaired) electrons. The van der Waals surface area contributed by atoms with Gasteiger partial charge < -0.3 is 10.1 Å². The summed E-state index contributed by atoms with van der Waals surface area (Å²) in [5.74, 6) is 0. The van der Waals surface area contributed by atoms with Gasteiger partial charge >= 0.3 is 0 Å². The number of hydrogen-bond donors (Lipinski definition) is 1. The Kier molecular flexibility index (Phi) is 6.44. The lowest BCUT2D eigenvalue weighted by atomic mass is 10.1. The summed E-state index contributed by atoms with van der Waals surface area (Å²) in [6, 6.07) is 0. The lowest BCUT2D eigenvalue weighted by Crippen LogP contribution is -2.35. The number of ether oxygens (including phenoxy) is 1. The van der Waals surface area contributed by atoms with Gasteiger partial charge in [-0.1, -0.05) is 11.6 Å². The van der Waals surface area contributed by atoms with Crippen LogP contribution in [0.1, 0.15) is 18.4 Å². The fourth-order valence-corrected chi connectivity index (χ4v) is 1.99. The number of rotatable bonds is 3. The molecule has 1 atom stereocenters. The molecule has 2 rings (SSSR count). The van der Waals surface area contributed by atoms with Gasteiger partial charge in [0.15, 0.2) is 0 Å². The van der Waals surface area contributed by atoms with Gasteiger partial charge in [-0.25, -0.2) is 9.97 Å². The number of halogens is 3. The molecule has 0 aliphatic carbocycles. The first kappa shape index (κ1) is 14.9. The van der Waals surface area contributed by atoms with Crippen molar-refractivity contribution < 1.29 is 4.74 Å². The molecule has 96 valence electrons. The summed E-state index contributed by atoms with van der Waals surface area (Å²) in [5.41, 5.74) is 0.775. The van der Waals surface area contributed by atoms with E-state index in [4.69, 9.17) is 27.9 Å². The summed E-state index contributed by atoms with van der Waals surface area (Å²) in [5, 5.41) is 3.81. The van der Waals surface area contributed by atoms with Gasteiger partial charge in [0.05, 0.1) is 12.7 Å². The molecule has 1 saturated heterocycles. The number of nitrogens with zero attached hydrogens (tertiary/aromatic N) is 2. The average Bonchev–Trinajstić information content (AvgIpc) is 2.29. The van der Waals surface area contributed by atoms with Crippen molar-refractivity contribution in [2.75, 3.05) is 13.1 Å². The van der Waals surface area contributed by atoms with Crippen LogP contribution in [0, 0.1) is 0 Å². The zero-order valence-corrected chi connectivity index (χ0v) is 11.5. The predicted molar refractivity (Wildman–Crippen MR) is 70.0 cm³/mol. The van der Waals surface area contributed by atoms with Crippen LogP contribution in [-0.2, 0) is 11.3 Å². The van der Waals surface area contributed by atoms with E-state index in [0.29, 0.717) is 11.8 Å². The Balaban J connectivity index is 0.00000144. The molecule has 2 heterocycles. The van der Waals surface area contributed by atoms with Gasteiger partial charge in [0.2, 0.25) is 5.28 Å². The van der Waals surface area contributed by atoms with Gasteiger partial charge in [-0.05, 0) is 31.0 Å². The summed E-state index contributed by atoms with van der Waals surface area (Å²) in [6.45, 7) is 2.40. The molecule has 1 aromatic rings. The molecule has 0 amide bonds. The molecule has 7 heteroatoms. The highest BCUT2D eigenvalue weighted by Crippen LogP contribution is 2.17. The van der Waals surface area contributed by atoms with Crippen molar-refractivity contribution >= 4 is 35.6 Å². The highest BCUT2D eigenvalue weighted by molar-refractivity contribution is 6.32. The van der Waals surface area contributed by atoms with E-state index in [2.05, 4.69) is 15.3 Å². The van der Waals surface area contributed by atoms with E-state index in [1.165, 1.54) is 0 Å². The average molecular weight is 299 g/mol. The highest BCUT2D eigenvalue weighted by Gasteiger charge is 2.14. The van der Waals surface area contributed by atoms with Gasteiger partial charge in [0, 0.05) is 18.3 Å². The SMILES string of the molecule is Cl.Clc1ncc(CO[C@@H]2CCCNC2)c(Cl)n1. The van der Waals surface area contributed by atoms with Crippen LogP contribution in [0.2, 0.25) is 10.4 Å². The van der Waals surface area contributed by atoms with E-state index in [1.54, 1.807) is 6.20 Å². The second-order valence-corrected chi connectivity index (χ2v) is 4.43. The Bertz CT molecular complexity index is 359. The molecule has 1 fully saturated rings. The minimum atomic E-state index is 0. The smallest absolute Gasteiger partial charge is 0.223 e. The maximum Gasteiger partial charge on any atom is 0.223 e. The third-order valence-electron chi connectivity index (χ3n) is 2.51. The monoisotopic (exact) mass is 297 g/mol. The lowest BCUT2D eigenvalue weighted by Gasteiger charge is -2.23. The van der Waals surface area contributed by atoms with E-state index < -0.39 is 0 Å². The molecule has 0 saturated carbocycles. The van der Waals surface area contributed by atoms with Crippen molar-refractivity contribution in [3.8, 4) is 0 Å². The minimum absolute atomic E-state index is 0. The third-order valence-corrected chi connectivity index (χ3v) is 3.02. The van der Waals surface area contributed by atoms with Crippen molar-refractivity contribution in [1.29, 1.82) is 0 Å². The van der Waals surface area contributed by atoms with Crippen LogP contribution >= 0.6 is 35.6 Å². The first-order chi connectivity index (χ1) is 7.75. The molecule has 0 spiro atoms. The maximum atomic E-state index is 5.92. The fourth-order valence-electron chi connectivity index (χ4n) is 1.63. The largest absolute Gasteiger partial charge is 0.372 e. The summed E-state index contributed by atoms with van der Waals surface area (Å²) in [6.07, 6.45) is 4.09. The van der Waals surface area contributed by atoms with Gasteiger partial charge in [-0.3, -0.25) is 0 Å². The number of aromatic nitrogens is 2. The Hall–Kier alpha value is -0.130. The zero-order chi connectivity index (χ0) is 11.4. The van der Waals surface area contributed by atoms with Crippen LogP contribution in [0.4, 0.5) is 0 Å². The molecule has 4 nitrogen and oxygen atoms in total. The second kappa shape index (κ2) is 7.34. The van der Waals surface area contributed by atoms with E-state index in [9.17, 15) is 0 Å². The van der Waals surface area contributed by atoms with Crippen molar-refractivity contribution in [3.63, 3.8) is 0 Å². The van der Waals surface area contributed by atoms with Crippen LogP contribution in [0.25, 0.3) is 0 Å². The quantitative estimate of drug-likeness (QED) is 0.688. The van der Waals surface area contributed by atoms with Crippen LogP contribution in [0.3, 0.4) is 0 Å². The van der Waals surface area contributed by atoms with E-state index in [0.717, 1.165) is 31.5 Å². The number of hydrogen-bond acceptors (Lipinski definition) is 4. The first-order valence-corrected chi connectivity index (χ1v) is 6.00. The van der Waals surface area contributed by atoms with Crippen LogP contribution in [0.5, 0.6) is 0 Å². The normalized spacial score (nSPS) is 19.8. The van der Waals surface area contributed by atoms with Crippen LogP contribution in [-0.4, -0.2) is 29.2 Å². The van der Waals surface area contributed by atoms with Crippen molar-refractivity contribution in [2.24, 2.45) is 0 Å². The molecule has 0 bridgehead atoms. The first-order valence-electron chi connectivity index (χ1n) is 5.25. The van der Waals surface area contributed by atoms with E-state index in [-0.39, 0.29) is 23.8 Å². The Morgan fingerprint density at radius 3 is 2.94 bits per heavy atom. The molecule has 1 aliphatic rings. The lowest BCUT2D eigenvalue weighted by molar-refractivity contribution is 0.0251. The van der Waals surface area contributed by atoms with Gasteiger partial charge in [-0.2, -0.15) is 0 Å². The number of nitrogens with one attached hydrogen (secondary N) is 1. The van der Waals surface area contributed by atoms with Gasteiger partial charge in [0.25, 0.3) is 0 Å². The molecular weight excluding hydrogens is 284 g/mol. The van der Waals surface area contributed by atoms with Crippen molar-refractivity contribution in [1.82, 2.24) is 15.3 Å². The van der Waals surface area contributed by atoms with Crippen molar-refractivity contribution in [2.45, 2.75) is 25.6 Å². The minimum Gasteiger partial charge on any atom is -0.372 e. The van der Waals surface area contributed by atoms with Gasteiger partial charge in [0.1, 0.15) is 5.15 Å². The van der Waals surface area contributed by atoms with Crippen LogP contribution in [0.15, 0.2) is 6.20 Å². The summed E-state index contributed by atoms with van der Waals surface area (Å²) in [4.78, 5) is 7.74. The standard InChI is InChI=1S/C10H13Cl2N3O.ClH/c11-9-7(4-14-10(12)15-9)6-16-8-2-1-3-13-5-8;/h4,8,13H,1-3,5-6H2;1H/t8-;/m1./s1. The predicted octanol–water partition coefficient (Wildman–Crippen LogP) is 2.47. The second-order valence-electron chi connectivity index (χ2n) is 3.73. The van der Waals surface area contributed by atoms with Crippen molar-refractivity contribution in [3.05, 3.63) is 22.2 Å². The zero-order valence-electron chi connectivity index (χ0n) is 9.16. The van der Waals surface area contributed by atoms with Gasteiger partial charge in [-0.15, -0.1) is 12.4 Å². The van der Waals surface area contributed by atoms with Crippen LogP contribution < -0.4 is 5.32 Å². The molecular formula is C10H14Cl3N3O. The summed E-state index contributed by atoms with van der Waals surface area (Å²) in [7, 11) is 0.